The Balaban J connectivity index is 1.96. The van der Waals surface area contributed by atoms with Crippen LogP contribution in [0, 0.1) is 5.92 Å². The topological polar surface area (TPSA) is 64.1 Å². The molecule has 2 heterocycles. The fraction of sp³-hybridized carbons (Fsp3) is 0.875. The number of piperazine rings is 1. The number of carbonyl (C=O) groups excluding carboxylic acids is 2. The van der Waals surface area contributed by atoms with Crippen LogP contribution in [0.2, 0.25) is 0 Å². The molecule has 6 heteroatoms. The van der Waals surface area contributed by atoms with E-state index in [9.17, 15) is 14.7 Å². The Bertz CT molecular complexity index is 403. The zero-order valence-electron chi connectivity index (χ0n) is 14.0. The first-order valence-corrected chi connectivity index (χ1v) is 8.39. The maximum Gasteiger partial charge on any atom is 0.245 e. The largest absolute Gasteiger partial charge is 0.392 e. The second-order valence-corrected chi connectivity index (χ2v) is 6.85. The lowest BCUT2D eigenvalue weighted by Crippen LogP contribution is -2.57. The van der Waals surface area contributed by atoms with E-state index in [0.717, 1.165) is 19.5 Å². The Morgan fingerprint density at radius 1 is 1.14 bits per heavy atom. The molecule has 2 rings (SSSR count). The number of β-amino-alcohol motifs (C(OH)–C–C–N with tert-alkyl or cyclic N) is 1. The van der Waals surface area contributed by atoms with Crippen LogP contribution in [0.15, 0.2) is 0 Å². The van der Waals surface area contributed by atoms with Crippen molar-refractivity contribution in [1.29, 1.82) is 0 Å². The minimum atomic E-state index is -0.340. The van der Waals surface area contributed by atoms with Gasteiger partial charge in [-0.25, -0.2) is 0 Å². The molecule has 126 valence electrons. The van der Waals surface area contributed by atoms with Crippen LogP contribution in [0.4, 0.5) is 0 Å². The van der Waals surface area contributed by atoms with Gasteiger partial charge in [-0.1, -0.05) is 13.8 Å². The number of amides is 2. The Hall–Kier alpha value is -1.14. The highest BCUT2D eigenvalue weighted by Crippen LogP contribution is 2.21. The summed E-state index contributed by atoms with van der Waals surface area (Å²) in [5.41, 5.74) is 0. The maximum absolute atomic E-state index is 12.9. The van der Waals surface area contributed by atoms with E-state index in [1.165, 1.54) is 0 Å². The van der Waals surface area contributed by atoms with Gasteiger partial charge in [0.05, 0.1) is 6.10 Å². The highest BCUT2D eigenvalue weighted by molar-refractivity contribution is 5.89. The molecule has 2 atom stereocenters. The molecule has 6 nitrogen and oxygen atoms in total. The van der Waals surface area contributed by atoms with E-state index in [0.29, 0.717) is 32.6 Å². The second kappa shape index (κ2) is 7.42. The highest BCUT2D eigenvalue weighted by Gasteiger charge is 2.37. The Morgan fingerprint density at radius 2 is 1.77 bits per heavy atom. The lowest BCUT2D eigenvalue weighted by atomic mass is 10.0. The van der Waals surface area contributed by atoms with Crippen LogP contribution < -0.4 is 0 Å². The monoisotopic (exact) mass is 311 g/mol. The average molecular weight is 311 g/mol. The van der Waals surface area contributed by atoms with Gasteiger partial charge >= 0.3 is 0 Å². The minimum absolute atomic E-state index is 0.0851. The summed E-state index contributed by atoms with van der Waals surface area (Å²) >= 11 is 0. The van der Waals surface area contributed by atoms with Crippen molar-refractivity contribution in [1.82, 2.24) is 14.7 Å². The molecule has 22 heavy (non-hydrogen) atoms. The molecule has 2 amide bonds. The van der Waals surface area contributed by atoms with Crippen LogP contribution in [0.5, 0.6) is 0 Å². The molecule has 2 saturated heterocycles. The van der Waals surface area contributed by atoms with Crippen LogP contribution in [0.3, 0.4) is 0 Å². The van der Waals surface area contributed by atoms with Gasteiger partial charge in [-0.3, -0.25) is 14.5 Å². The zero-order valence-corrected chi connectivity index (χ0v) is 14.0. The Labute approximate surface area is 133 Å². The molecule has 1 N–H and O–H groups in total. The van der Waals surface area contributed by atoms with Crippen LogP contribution in [0.25, 0.3) is 0 Å². The first-order chi connectivity index (χ1) is 10.4. The van der Waals surface area contributed by atoms with Crippen molar-refractivity contribution >= 4 is 11.8 Å². The first kappa shape index (κ1) is 17.2. The van der Waals surface area contributed by atoms with Crippen LogP contribution >= 0.6 is 0 Å². The number of nitrogens with zero attached hydrogens (tertiary/aromatic N) is 3. The summed E-state index contributed by atoms with van der Waals surface area (Å²) in [6.45, 7) is 10.1. The normalized spacial score (nSPS) is 23.2. The number of likely N-dealkylation sites (tertiary alicyclic amines) is 1. The summed E-state index contributed by atoms with van der Waals surface area (Å²) in [6, 6.07) is -0.321. The summed E-state index contributed by atoms with van der Waals surface area (Å²) in [7, 11) is 0. The van der Waals surface area contributed by atoms with Gasteiger partial charge in [0.1, 0.15) is 6.04 Å². The van der Waals surface area contributed by atoms with Crippen molar-refractivity contribution in [3.05, 3.63) is 0 Å². The zero-order chi connectivity index (χ0) is 16.3. The molecule has 0 unspecified atom stereocenters. The van der Waals surface area contributed by atoms with Gasteiger partial charge in [-0.05, 0) is 19.3 Å². The van der Waals surface area contributed by atoms with Crippen molar-refractivity contribution in [3.8, 4) is 0 Å². The summed E-state index contributed by atoms with van der Waals surface area (Å²) < 4.78 is 0. The predicted octanol–water partition coefficient (Wildman–Crippen LogP) is 0.158. The summed E-state index contributed by atoms with van der Waals surface area (Å²) in [5, 5.41) is 9.45. The SMILES string of the molecule is CC(C)[C@@H](C(=O)N1CCN(C[C@H](C)O)CC1)N1CCCC1=O. The number of rotatable bonds is 5. The molecule has 2 aliphatic heterocycles. The van der Waals surface area contributed by atoms with Crippen LogP contribution in [0.1, 0.15) is 33.6 Å². The fourth-order valence-electron chi connectivity index (χ4n) is 3.45. The molecule has 0 radical (unpaired) electrons. The molecule has 0 bridgehead atoms. The van der Waals surface area contributed by atoms with Gasteiger partial charge in [0.25, 0.3) is 0 Å². The molecule has 0 saturated carbocycles. The molecule has 2 aliphatic rings. The summed E-state index contributed by atoms with van der Waals surface area (Å²) in [6.07, 6.45) is 1.09. The number of hydrogen-bond acceptors (Lipinski definition) is 4. The molecule has 0 aromatic rings. The predicted molar refractivity (Wildman–Crippen MR) is 84.3 cm³/mol. The number of aliphatic hydroxyl groups is 1. The quantitative estimate of drug-likeness (QED) is 0.785. The summed E-state index contributed by atoms with van der Waals surface area (Å²) in [4.78, 5) is 30.7. The van der Waals surface area contributed by atoms with Gasteiger partial charge in [0, 0.05) is 45.7 Å². The maximum atomic E-state index is 12.9. The third-order valence-corrected chi connectivity index (χ3v) is 4.54. The molecular weight excluding hydrogens is 282 g/mol. The lowest BCUT2D eigenvalue weighted by molar-refractivity contribution is -0.146. The van der Waals surface area contributed by atoms with Crippen molar-refractivity contribution < 1.29 is 14.7 Å². The third kappa shape index (κ3) is 3.98. The Morgan fingerprint density at radius 3 is 2.23 bits per heavy atom. The van der Waals surface area contributed by atoms with Gasteiger partial charge < -0.3 is 14.9 Å². The third-order valence-electron chi connectivity index (χ3n) is 4.54. The fourth-order valence-corrected chi connectivity index (χ4v) is 3.45. The Kier molecular flexibility index (Phi) is 5.81. The highest BCUT2D eigenvalue weighted by atomic mass is 16.3. The molecule has 0 aromatic carbocycles. The number of aliphatic hydroxyl groups excluding tert-OH is 1. The van der Waals surface area contributed by atoms with Gasteiger partial charge in [0.2, 0.25) is 11.8 Å². The van der Waals surface area contributed by atoms with Gasteiger partial charge in [0.15, 0.2) is 0 Å². The summed E-state index contributed by atoms with van der Waals surface area (Å²) in [5.74, 6) is 0.326. The van der Waals surface area contributed by atoms with Crippen molar-refractivity contribution in [3.63, 3.8) is 0 Å². The van der Waals surface area contributed by atoms with Crippen LogP contribution in [-0.4, -0.2) is 83.0 Å². The van der Waals surface area contributed by atoms with Crippen LogP contribution in [-0.2, 0) is 9.59 Å². The molecule has 0 spiro atoms. The minimum Gasteiger partial charge on any atom is -0.392 e. The second-order valence-electron chi connectivity index (χ2n) is 6.85. The van der Waals surface area contributed by atoms with Crippen molar-refractivity contribution in [2.24, 2.45) is 5.92 Å². The van der Waals surface area contributed by atoms with Gasteiger partial charge in [-0.2, -0.15) is 0 Å². The van der Waals surface area contributed by atoms with Gasteiger partial charge in [-0.15, -0.1) is 0 Å². The molecule has 0 aliphatic carbocycles. The van der Waals surface area contributed by atoms with E-state index >= 15 is 0 Å². The van der Waals surface area contributed by atoms with Crippen molar-refractivity contribution in [2.45, 2.75) is 45.8 Å². The number of hydrogen-bond donors (Lipinski definition) is 1. The van der Waals surface area contributed by atoms with E-state index < -0.39 is 0 Å². The molecule has 2 fully saturated rings. The smallest absolute Gasteiger partial charge is 0.245 e. The van der Waals surface area contributed by atoms with E-state index in [4.69, 9.17) is 0 Å². The molecule has 0 aromatic heterocycles. The first-order valence-electron chi connectivity index (χ1n) is 8.39. The van der Waals surface area contributed by atoms with E-state index in [2.05, 4.69) is 4.90 Å². The average Bonchev–Trinajstić information content (AvgIpc) is 2.85. The van der Waals surface area contributed by atoms with E-state index in [1.807, 2.05) is 18.7 Å². The number of carbonyl (C=O) groups is 2. The van der Waals surface area contributed by atoms with Crippen molar-refractivity contribution in [2.75, 3.05) is 39.3 Å². The standard InChI is InChI=1S/C16H29N3O3/c1-12(2)15(19-6-4-5-14(19)21)16(22)18-9-7-17(8-10-18)11-13(3)20/h12-13,15,20H,4-11H2,1-3H3/t13-,15-/m0/s1. The van der Waals surface area contributed by atoms with E-state index in [1.54, 1.807) is 11.8 Å². The lowest BCUT2D eigenvalue weighted by Gasteiger charge is -2.39. The van der Waals surface area contributed by atoms with E-state index in [-0.39, 0.29) is 29.9 Å². The molecular formula is C16H29N3O3.